The number of rotatable bonds is 9. The number of amides is 3. The first-order chi connectivity index (χ1) is 16.5. The van der Waals surface area contributed by atoms with E-state index in [1.165, 1.54) is 26.4 Å². The van der Waals surface area contributed by atoms with Crippen LogP contribution in [0.4, 0.5) is 4.79 Å². The van der Waals surface area contributed by atoms with Gasteiger partial charge in [-0.15, -0.1) is 11.5 Å². The number of aromatic nitrogens is 1. The van der Waals surface area contributed by atoms with Crippen molar-refractivity contribution in [2.75, 3.05) is 39.8 Å². The molecule has 4 rings (SSSR count). The molecule has 1 aromatic heterocycles. The van der Waals surface area contributed by atoms with E-state index < -0.39 is 0 Å². The maximum atomic E-state index is 13.7. The molecule has 1 aliphatic heterocycles. The van der Waals surface area contributed by atoms with Crippen LogP contribution in [0.15, 0.2) is 42.3 Å². The van der Waals surface area contributed by atoms with Gasteiger partial charge in [-0.3, -0.25) is 19.6 Å². The molecule has 1 aliphatic carbocycles. The number of benzene rings is 1. The number of piperidine rings is 1. The summed E-state index contributed by atoms with van der Waals surface area (Å²) >= 11 is 0. The van der Waals surface area contributed by atoms with Gasteiger partial charge in [0.25, 0.3) is 0 Å². The van der Waals surface area contributed by atoms with Gasteiger partial charge in [0, 0.05) is 68.8 Å². The molecule has 0 saturated carbocycles. The Morgan fingerprint density at radius 2 is 2.18 bits per heavy atom. The lowest BCUT2D eigenvalue weighted by Gasteiger charge is -2.47. The Balaban J connectivity index is 1.60. The van der Waals surface area contributed by atoms with E-state index in [1.54, 1.807) is 7.05 Å². The molecule has 3 atom stereocenters. The number of nitroso groups, excluding NO2 is 1. The SMILES string of the molecule is C=CCN1C[C@H](C(=O)N(CCCN(C)N=O)C(=O)NCC)C[C@@H]2c3cccc4[nH]cc(c34)C[C@H]21. The third-order valence-corrected chi connectivity index (χ3v) is 7.13. The van der Waals surface area contributed by atoms with Crippen molar-refractivity contribution < 1.29 is 9.59 Å². The van der Waals surface area contributed by atoms with Crippen LogP contribution in [-0.4, -0.2) is 77.5 Å². The van der Waals surface area contributed by atoms with E-state index in [1.807, 2.05) is 13.0 Å². The van der Waals surface area contributed by atoms with Crippen LogP contribution in [0, 0.1) is 10.8 Å². The van der Waals surface area contributed by atoms with E-state index >= 15 is 0 Å². The molecule has 1 saturated heterocycles. The van der Waals surface area contributed by atoms with Crippen molar-refractivity contribution in [2.45, 2.75) is 38.1 Å². The minimum absolute atomic E-state index is 0.160. The standard InChI is InChI=1S/C25H34N6O3/c1-4-10-30-16-18(24(32)31(25(33)26-5-2)12-7-11-29(3)28-34)13-20-19-8-6-9-21-23(19)17(15-27-21)14-22(20)30/h4,6,8-9,15,18,20,22,27H,1,5,7,10-14,16H2,2-3H3,(H,26,33)/t18-,20-,22-/m1/s1. The minimum Gasteiger partial charge on any atom is -0.361 e. The van der Waals surface area contributed by atoms with Crippen LogP contribution >= 0.6 is 0 Å². The summed E-state index contributed by atoms with van der Waals surface area (Å²) in [4.78, 5) is 44.3. The molecule has 2 heterocycles. The van der Waals surface area contributed by atoms with Gasteiger partial charge < -0.3 is 10.3 Å². The molecular weight excluding hydrogens is 432 g/mol. The Morgan fingerprint density at radius 1 is 1.35 bits per heavy atom. The van der Waals surface area contributed by atoms with Crippen LogP contribution in [0.1, 0.15) is 36.8 Å². The number of nitrogens with one attached hydrogen (secondary N) is 2. The summed E-state index contributed by atoms with van der Waals surface area (Å²) in [6.45, 7) is 8.12. The van der Waals surface area contributed by atoms with Crippen molar-refractivity contribution in [1.29, 1.82) is 0 Å². The predicted octanol–water partition coefficient (Wildman–Crippen LogP) is 3.25. The lowest BCUT2D eigenvalue weighted by molar-refractivity contribution is -0.135. The Bertz CT molecular complexity index is 1070. The van der Waals surface area contributed by atoms with Gasteiger partial charge >= 0.3 is 6.03 Å². The zero-order valence-electron chi connectivity index (χ0n) is 20.0. The molecule has 0 spiro atoms. The monoisotopic (exact) mass is 466 g/mol. The zero-order chi connectivity index (χ0) is 24.2. The second-order valence-corrected chi connectivity index (χ2v) is 9.28. The largest absolute Gasteiger partial charge is 0.361 e. The number of fused-ring (bicyclic) bond motifs is 2. The number of aromatic amines is 1. The van der Waals surface area contributed by atoms with Crippen LogP contribution in [0.3, 0.4) is 0 Å². The summed E-state index contributed by atoms with van der Waals surface area (Å²) in [6.07, 6.45) is 6.11. The summed E-state index contributed by atoms with van der Waals surface area (Å²) in [5.74, 6) is -0.259. The molecule has 34 heavy (non-hydrogen) atoms. The van der Waals surface area contributed by atoms with Crippen LogP contribution in [0.2, 0.25) is 0 Å². The average molecular weight is 467 g/mol. The number of urea groups is 1. The highest BCUT2D eigenvalue weighted by Crippen LogP contribution is 2.45. The second kappa shape index (κ2) is 10.4. The van der Waals surface area contributed by atoms with E-state index in [2.05, 4.69) is 51.5 Å². The summed E-state index contributed by atoms with van der Waals surface area (Å²) < 4.78 is 0. The van der Waals surface area contributed by atoms with E-state index in [9.17, 15) is 14.5 Å². The molecule has 1 aromatic carbocycles. The normalized spacial score (nSPS) is 21.5. The van der Waals surface area contributed by atoms with Gasteiger partial charge in [-0.05, 0) is 43.4 Å². The van der Waals surface area contributed by atoms with E-state index in [0.29, 0.717) is 45.1 Å². The van der Waals surface area contributed by atoms with Crippen molar-refractivity contribution in [3.63, 3.8) is 0 Å². The fourth-order valence-electron chi connectivity index (χ4n) is 5.63. The smallest absolute Gasteiger partial charge is 0.324 e. The number of H-pyrrole nitrogens is 1. The van der Waals surface area contributed by atoms with Crippen molar-refractivity contribution in [1.82, 2.24) is 25.1 Å². The summed E-state index contributed by atoms with van der Waals surface area (Å²) in [6, 6.07) is 6.26. The molecule has 2 aliphatic rings. The molecule has 0 radical (unpaired) electrons. The van der Waals surface area contributed by atoms with Crippen LogP contribution in [0.25, 0.3) is 10.9 Å². The van der Waals surface area contributed by atoms with Crippen molar-refractivity contribution in [2.24, 2.45) is 11.2 Å². The van der Waals surface area contributed by atoms with E-state index in [-0.39, 0.29) is 30.3 Å². The molecular formula is C25H34N6O3. The topological polar surface area (TPSA) is 101 Å². The Labute approximate surface area is 200 Å². The lowest BCUT2D eigenvalue weighted by Crippen LogP contribution is -2.55. The third-order valence-electron chi connectivity index (χ3n) is 7.13. The summed E-state index contributed by atoms with van der Waals surface area (Å²) in [5, 5.41) is 8.19. The Morgan fingerprint density at radius 3 is 2.91 bits per heavy atom. The molecule has 9 nitrogen and oxygen atoms in total. The summed E-state index contributed by atoms with van der Waals surface area (Å²) in [7, 11) is 1.58. The lowest BCUT2D eigenvalue weighted by atomic mass is 9.72. The first-order valence-electron chi connectivity index (χ1n) is 12.1. The van der Waals surface area contributed by atoms with Gasteiger partial charge in [0.2, 0.25) is 5.91 Å². The van der Waals surface area contributed by atoms with Gasteiger partial charge in [0.1, 0.15) is 0 Å². The number of carbonyl (C=O) groups excluding carboxylic acids is 2. The fraction of sp³-hybridized carbons (Fsp3) is 0.520. The molecule has 2 N–H and O–H groups in total. The molecule has 0 bridgehead atoms. The second-order valence-electron chi connectivity index (χ2n) is 9.28. The number of imide groups is 1. The molecule has 182 valence electrons. The Hall–Kier alpha value is -3.20. The average Bonchev–Trinajstić information content (AvgIpc) is 3.26. The van der Waals surface area contributed by atoms with Crippen molar-refractivity contribution >= 4 is 22.8 Å². The Kier molecular flexibility index (Phi) is 7.31. The third kappa shape index (κ3) is 4.57. The first-order valence-corrected chi connectivity index (χ1v) is 12.1. The van der Waals surface area contributed by atoms with E-state index in [0.717, 1.165) is 11.9 Å². The quantitative estimate of drug-likeness (QED) is 0.336. The van der Waals surface area contributed by atoms with Crippen molar-refractivity contribution in [3.05, 3.63) is 53.1 Å². The van der Waals surface area contributed by atoms with Gasteiger partial charge in [-0.1, -0.05) is 18.2 Å². The number of carbonyl (C=O) groups is 2. The fourth-order valence-corrected chi connectivity index (χ4v) is 5.63. The molecule has 2 aromatic rings. The predicted molar refractivity (Wildman–Crippen MR) is 132 cm³/mol. The number of likely N-dealkylation sites (tertiary alicyclic amines) is 1. The van der Waals surface area contributed by atoms with Gasteiger partial charge in [-0.25, -0.2) is 4.79 Å². The summed E-state index contributed by atoms with van der Waals surface area (Å²) in [5.41, 5.74) is 3.73. The van der Waals surface area contributed by atoms with Crippen LogP contribution < -0.4 is 5.32 Å². The van der Waals surface area contributed by atoms with Gasteiger partial charge in [-0.2, -0.15) is 0 Å². The number of hydrogen-bond donors (Lipinski definition) is 2. The number of hydrogen-bond acceptors (Lipinski definition) is 5. The van der Waals surface area contributed by atoms with Crippen LogP contribution in [0.5, 0.6) is 0 Å². The highest BCUT2D eigenvalue weighted by molar-refractivity contribution is 5.96. The highest BCUT2D eigenvalue weighted by atomic mass is 16.3. The van der Waals surface area contributed by atoms with Gasteiger partial charge in [0.15, 0.2) is 0 Å². The first kappa shape index (κ1) is 23.9. The van der Waals surface area contributed by atoms with Gasteiger partial charge in [0.05, 0.1) is 11.2 Å². The van der Waals surface area contributed by atoms with Crippen LogP contribution in [-0.2, 0) is 11.2 Å². The van der Waals surface area contributed by atoms with Crippen molar-refractivity contribution in [3.8, 4) is 0 Å². The minimum atomic E-state index is -0.384. The molecule has 1 fully saturated rings. The molecule has 0 unspecified atom stereocenters. The maximum Gasteiger partial charge on any atom is 0.324 e. The highest BCUT2D eigenvalue weighted by Gasteiger charge is 2.43. The maximum absolute atomic E-state index is 13.7. The van der Waals surface area contributed by atoms with E-state index in [4.69, 9.17) is 0 Å². The zero-order valence-corrected chi connectivity index (χ0v) is 20.0. The number of nitrogens with zero attached hydrogens (tertiary/aromatic N) is 4. The molecule has 9 heteroatoms. The molecule has 3 amide bonds.